The standard InChI is InChI=1S/C21H25N3O3S/c1-16-6-8-24(18-4-2-3-5-19(18)28-16)20(25)14-22-9-11-23(12-10-22)21(26)17-7-13-27-15-17/h2-5,7,13,15-16H,6,8-12,14H2,1H3. The molecule has 28 heavy (non-hydrogen) atoms. The number of anilines is 1. The molecule has 2 aromatic rings. The summed E-state index contributed by atoms with van der Waals surface area (Å²) in [4.78, 5) is 32.6. The van der Waals surface area contributed by atoms with Gasteiger partial charge in [0.25, 0.3) is 5.91 Å². The number of fused-ring (bicyclic) bond motifs is 1. The van der Waals surface area contributed by atoms with Crippen molar-refractivity contribution < 1.29 is 14.0 Å². The number of hydrogen-bond acceptors (Lipinski definition) is 5. The first kappa shape index (κ1) is 19.1. The molecule has 2 amide bonds. The lowest BCUT2D eigenvalue weighted by molar-refractivity contribution is -0.120. The van der Waals surface area contributed by atoms with Crippen molar-refractivity contribution >= 4 is 29.3 Å². The van der Waals surface area contributed by atoms with Gasteiger partial charge in [-0.1, -0.05) is 19.1 Å². The summed E-state index contributed by atoms with van der Waals surface area (Å²) in [5.74, 6) is 0.129. The second-order valence-corrected chi connectivity index (χ2v) is 8.79. The molecule has 0 aliphatic carbocycles. The molecule has 0 saturated carbocycles. The lowest BCUT2D eigenvalue weighted by atomic mass is 10.2. The molecule has 1 aromatic heterocycles. The third-order valence-electron chi connectivity index (χ3n) is 5.33. The molecule has 0 radical (unpaired) electrons. The molecule has 0 spiro atoms. The van der Waals surface area contributed by atoms with E-state index in [9.17, 15) is 9.59 Å². The van der Waals surface area contributed by atoms with Gasteiger partial charge in [-0.15, -0.1) is 11.8 Å². The Kier molecular flexibility index (Phi) is 5.73. The summed E-state index contributed by atoms with van der Waals surface area (Å²) in [6.07, 6.45) is 3.98. The lowest BCUT2D eigenvalue weighted by Crippen LogP contribution is -2.51. The number of rotatable bonds is 3. The number of piperazine rings is 1. The second-order valence-electron chi connectivity index (χ2n) is 7.31. The molecule has 2 aliphatic rings. The number of carbonyl (C=O) groups is 2. The first-order valence-corrected chi connectivity index (χ1v) is 10.6. The third-order valence-corrected chi connectivity index (χ3v) is 6.57. The number of nitrogens with zero attached hydrogens (tertiary/aromatic N) is 3. The van der Waals surface area contributed by atoms with Crippen LogP contribution in [0.25, 0.3) is 0 Å². The normalized spacial score (nSPS) is 20.5. The molecule has 1 fully saturated rings. The van der Waals surface area contributed by atoms with Gasteiger partial charge in [0.15, 0.2) is 0 Å². The Morgan fingerprint density at radius 1 is 1.11 bits per heavy atom. The zero-order valence-electron chi connectivity index (χ0n) is 16.0. The highest BCUT2D eigenvalue weighted by molar-refractivity contribution is 8.00. The summed E-state index contributed by atoms with van der Waals surface area (Å²) in [6.45, 7) is 6.02. The average molecular weight is 400 g/mol. The molecule has 1 unspecified atom stereocenters. The van der Waals surface area contributed by atoms with Crippen LogP contribution in [-0.2, 0) is 4.79 Å². The van der Waals surface area contributed by atoms with Gasteiger partial charge >= 0.3 is 0 Å². The van der Waals surface area contributed by atoms with Crippen LogP contribution in [0.5, 0.6) is 0 Å². The summed E-state index contributed by atoms with van der Waals surface area (Å²) in [6, 6.07) is 9.86. The van der Waals surface area contributed by atoms with E-state index in [1.807, 2.05) is 39.8 Å². The molecular formula is C21H25N3O3S. The van der Waals surface area contributed by atoms with E-state index in [1.165, 1.54) is 17.4 Å². The highest BCUT2D eigenvalue weighted by Crippen LogP contribution is 2.37. The van der Waals surface area contributed by atoms with Crippen LogP contribution in [0.3, 0.4) is 0 Å². The smallest absolute Gasteiger partial charge is 0.257 e. The fraction of sp³-hybridized carbons (Fsp3) is 0.429. The topological polar surface area (TPSA) is 57.0 Å². The van der Waals surface area contributed by atoms with E-state index in [-0.39, 0.29) is 11.8 Å². The van der Waals surface area contributed by atoms with Crippen molar-refractivity contribution in [2.45, 2.75) is 23.5 Å². The summed E-state index contributed by atoms with van der Waals surface area (Å²) in [7, 11) is 0. The molecule has 1 atom stereocenters. The number of amides is 2. The Balaban J connectivity index is 1.36. The van der Waals surface area contributed by atoms with Crippen LogP contribution in [0.1, 0.15) is 23.7 Å². The Bertz CT molecular complexity index is 831. The van der Waals surface area contributed by atoms with Gasteiger partial charge in [-0.25, -0.2) is 0 Å². The van der Waals surface area contributed by atoms with E-state index in [0.29, 0.717) is 43.5 Å². The van der Waals surface area contributed by atoms with Crippen LogP contribution in [0, 0.1) is 0 Å². The first-order chi connectivity index (χ1) is 13.6. The number of benzene rings is 1. The second kappa shape index (κ2) is 8.41. The van der Waals surface area contributed by atoms with Crippen molar-refractivity contribution in [2.24, 2.45) is 0 Å². The zero-order valence-corrected chi connectivity index (χ0v) is 16.9. The van der Waals surface area contributed by atoms with Crippen molar-refractivity contribution in [3.8, 4) is 0 Å². The lowest BCUT2D eigenvalue weighted by Gasteiger charge is -2.35. The quantitative estimate of drug-likeness (QED) is 0.794. The van der Waals surface area contributed by atoms with Crippen LogP contribution < -0.4 is 4.90 Å². The summed E-state index contributed by atoms with van der Waals surface area (Å²) in [5, 5.41) is 0.497. The largest absolute Gasteiger partial charge is 0.472 e. The van der Waals surface area contributed by atoms with Crippen LogP contribution in [0.2, 0.25) is 0 Å². The minimum atomic E-state index is -0.00724. The van der Waals surface area contributed by atoms with E-state index in [4.69, 9.17) is 4.42 Å². The van der Waals surface area contributed by atoms with Gasteiger partial charge in [0, 0.05) is 42.9 Å². The molecule has 7 heteroatoms. The van der Waals surface area contributed by atoms with E-state index in [1.54, 1.807) is 6.07 Å². The summed E-state index contributed by atoms with van der Waals surface area (Å²) >= 11 is 1.84. The van der Waals surface area contributed by atoms with Crippen LogP contribution in [-0.4, -0.2) is 66.1 Å². The summed E-state index contributed by atoms with van der Waals surface area (Å²) in [5.41, 5.74) is 1.60. The number of thioether (sulfide) groups is 1. The highest BCUT2D eigenvalue weighted by Gasteiger charge is 2.28. The Labute approximate surface area is 169 Å². The summed E-state index contributed by atoms with van der Waals surface area (Å²) < 4.78 is 5.00. The number of furan rings is 1. The van der Waals surface area contributed by atoms with Crippen LogP contribution >= 0.6 is 11.8 Å². The monoisotopic (exact) mass is 399 g/mol. The van der Waals surface area contributed by atoms with E-state index in [2.05, 4.69) is 17.9 Å². The Hall–Kier alpha value is -2.25. The number of para-hydroxylation sites is 1. The van der Waals surface area contributed by atoms with Crippen molar-refractivity contribution in [3.05, 3.63) is 48.4 Å². The maximum absolute atomic E-state index is 13.1. The molecule has 6 nitrogen and oxygen atoms in total. The molecule has 0 N–H and O–H groups in total. The molecule has 1 aromatic carbocycles. The molecule has 0 bridgehead atoms. The van der Waals surface area contributed by atoms with E-state index >= 15 is 0 Å². The fourth-order valence-corrected chi connectivity index (χ4v) is 4.81. The highest BCUT2D eigenvalue weighted by atomic mass is 32.2. The van der Waals surface area contributed by atoms with E-state index < -0.39 is 0 Å². The molecule has 2 aliphatic heterocycles. The van der Waals surface area contributed by atoms with Crippen molar-refractivity contribution in [2.75, 3.05) is 44.2 Å². The van der Waals surface area contributed by atoms with Gasteiger partial charge in [0.1, 0.15) is 6.26 Å². The van der Waals surface area contributed by atoms with Crippen molar-refractivity contribution in [1.29, 1.82) is 0 Å². The van der Waals surface area contributed by atoms with Crippen molar-refractivity contribution in [3.63, 3.8) is 0 Å². The maximum Gasteiger partial charge on any atom is 0.257 e. The zero-order chi connectivity index (χ0) is 19.5. The van der Waals surface area contributed by atoms with Gasteiger partial charge in [0.05, 0.1) is 24.1 Å². The van der Waals surface area contributed by atoms with Gasteiger partial charge < -0.3 is 14.2 Å². The van der Waals surface area contributed by atoms with Gasteiger partial charge in [-0.05, 0) is 24.6 Å². The van der Waals surface area contributed by atoms with Gasteiger partial charge in [0.2, 0.25) is 5.91 Å². The molecular weight excluding hydrogens is 374 g/mol. The molecule has 148 valence electrons. The molecule has 4 rings (SSSR count). The maximum atomic E-state index is 13.1. The Morgan fingerprint density at radius 3 is 2.64 bits per heavy atom. The number of carbonyl (C=O) groups excluding carboxylic acids is 2. The third kappa shape index (κ3) is 4.10. The number of hydrogen-bond donors (Lipinski definition) is 0. The minimum absolute atomic E-state index is 0.00724. The fourth-order valence-electron chi connectivity index (χ4n) is 3.70. The Morgan fingerprint density at radius 2 is 1.89 bits per heavy atom. The predicted octanol–water partition coefficient (Wildman–Crippen LogP) is 2.95. The SMILES string of the molecule is CC1CCN(C(=O)CN2CCN(C(=O)c3ccoc3)CC2)c2ccccc2S1. The van der Waals surface area contributed by atoms with E-state index in [0.717, 1.165) is 18.7 Å². The first-order valence-electron chi connectivity index (χ1n) is 9.71. The molecule has 3 heterocycles. The van der Waals surface area contributed by atoms with Gasteiger partial charge in [-0.3, -0.25) is 14.5 Å². The minimum Gasteiger partial charge on any atom is -0.472 e. The van der Waals surface area contributed by atoms with Crippen LogP contribution in [0.15, 0.2) is 52.2 Å². The average Bonchev–Trinajstić information content (AvgIpc) is 3.18. The van der Waals surface area contributed by atoms with Gasteiger partial charge in [-0.2, -0.15) is 0 Å². The molecule has 1 saturated heterocycles. The van der Waals surface area contributed by atoms with Crippen LogP contribution in [0.4, 0.5) is 5.69 Å². The predicted molar refractivity (Wildman–Crippen MR) is 110 cm³/mol. The van der Waals surface area contributed by atoms with Crippen molar-refractivity contribution in [1.82, 2.24) is 9.80 Å².